The molecule has 0 radical (unpaired) electrons. The smallest absolute Gasteiger partial charge is 0.240 e. The minimum Gasteiger partial charge on any atom is -0.398 e. The van der Waals surface area contributed by atoms with E-state index in [0.29, 0.717) is 11.6 Å². The maximum absolute atomic E-state index is 12.2. The van der Waals surface area contributed by atoms with Crippen LogP contribution in [0, 0.1) is 19.8 Å². The molecule has 0 aliphatic heterocycles. The predicted molar refractivity (Wildman–Crippen MR) is 72.8 cm³/mol. The van der Waals surface area contributed by atoms with Crippen molar-refractivity contribution >= 4 is 15.7 Å². The van der Waals surface area contributed by atoms with Gasteiger partial charge in [0.2, 0.25) is 10.0 Å². The largest absolute Gasteiger partial charge is 0.398 e. The van der Waals surface area contributed by atoms with Gasteiger partial charge in [-0.25, -0.2) is 13.1 Å². The molecule has 1 aromatic carbocycles. The Morgan fingerprint density at radius 1 is 1.33 bits per heavy atom. The van der Waals surface area contributed by atoms with E-state index in [1.807, 2.05) is 20.8 Å². The van der Waals surface area contributed by atoms with Crippen LogP contribution >= 0.6 is 0 Å². The van der Waals surface area contributed by atoms with E-state index in [2.05, 4.69) is 4.72 Å². The lowest BCUT2D eigenvalue weighted by Gasteiger charge is -2.15. The van der Waals surface area contributed by atoms with Crippen molar-refractivity contribution in [3.8, 4) is 0 Å². The van der Waals surface area contributed by atoms with E-state index < -0.39 is 10.0 Å². The summed E-state index contributed by atoms with van der Waals surface area (Å²) in [4.78, 5) is 0.260. The SMILES string of the molecule is Cc1cc(S(=O)(=O)NC(C)C2CC2)cc(N)c1C. The molecule has 1 fully saturated rings. The van der Waals surface area contributed by atoms with Gasteiger partial charge in [-0.2, -0.15) is 0 Å². The van der Waals surface area contributed by atoms with E-state index in [1.54, 1.807) is 6.07 Å². The van der Waals surface area contributed by atoms with Gasteiger partial charge in [0.1, 0.15) is 0 Å². The lowest BCUT2D eigenvalue weighted by atomic mass is 10.1. The number of sulfonamides is 1. The molecule has 0 amide bonds. The van der Waals surface area contributed by atoms with Crippen molar-refractivity contribution < 1.29 is 8.42 Å². The third-order valence-electron chi connectivity index (χ3n) is 3.66. The highest BCUT2D eigenvalue weighted by Crippen LogP contribution is 2.33. The maximum atomic E-state index is 12.2. The number of rotatable bonds is 4. The second-order valence-corrected chi connectivity index (χ2v) is 6.92. The van der Waals surface area contributed by atoms with Crippen molar-refractivity contribution in [1.29, 1.82) is 0 Å². The number of aryl methyl sites for hydroxylation is 1. The van der Waals surface area contributed by atoms with Gasteiger partial charge in [0.15, 0.2) is 0 Å². The van der Waals surface area contributed by atoms with Gasteiger partial charge < -0.3 is 5.73 Å². The van der Waals surface area contributed by atoms with E-state index >= 15 is 0 Å². The average Bonchev–Trinajstić information content (AvgIpc) is 3.08. The second kappa shape index (κ2) is 4.55. The van der Waals surface area contributed by atoms with E-state index in [9.17, 15) is 8.42 Å². The van der Waals surface area contributed by atoms with Gasteiger partial charge in [0, 0.05) is 11.7 Å². The lowest BCUT2D eigenvalue weighted by Crippen LogP contribution is -2.34. The van der Waals surface area contributed by atoms with Crippen molar-refractivity contribution in [3.05, 3.63) is 23.3 Å². The highest BCUT2D eigenvalue weighted by atomic mass is 32.2. The summed E-state index contributed by atoms with van der Waals surface area (Å²) >= 11 is 0. The van der Waals surface area contributed by atoms with Crippen molar-refractivity contribution in [1.82, 2.24) is 4.72 Å². The summed E-state index contributed by atoms with van der Waals surface area (Å²) < 4.78 is 27.2. The Kier molecular flexibility index (Phi) is 3.38. The van der Waals surface area contributed by atoms with Crippen LogP contribution in [0.4, 0.5) is 5.69 Å². The molecular formula is C13H20N2O2S. The fraction of sp³-hybridized carbons (Fsp3) is 0.538. The number of benzene rings is 1. The molecule has 1 aliphatic rings. The van der Waals surface area contributed by atoms with Gasteiger partial charge in [-0.05, 0) is 62.8 Å². The van der Waals surface area contributed by atoms with E-state index in [1.165, 1.54) is 6.07 Å². The summed E-state index contributed by atoms with van der Waals surface area (Å²) in [6, 6.07) is 3.20. The molecule has 0 saturated heterocycles. The van der Waals surface area contributed by atoms with Crippen LogP contribution in [0.3, 0.4) is 0 Å². The Balaban J connectivity index is 2.29. The number of nitrogens with two attached hydrogens (primary N) is 1. The van der Waals surface area contributed by atoms with Crippen LogP contribution in [0.15, 0.2) is 17.0 Å². The highest BCUT2D eigenvalue weighted by Gasteiger charge is 2.31. The van der Waals surface area contributed by atoms with Crippen molar-refractivity contribution in [2.45, 2.75) is 44.6 Å². The Hall–Kier alpha value is -1.07. The number of nitrogens with one attached hydrogen (secondary N) is 1. The molecule has 3 N–H and O–H groups in total. The first-order valence-corrected chi connectivity index (χ1v) is 7.68. The molecule has 0 aromatic heterocycles. The van der Waals surface area contributed by atoms with E-state index in [0.717, 1.165) is 24.0 Å². The Morgan fingerprint density at radius 3 is 2.44 bits per heavy atom. The van der Waals surface area contributed by atoms with Crippen LogP contribution in [-0.2, 0) is 10.0 Å². The van der Waals surface area contributed by atoms with Crippen LogP contribution in [-0.4, -0.2) is 14.5 Å². The van der Waals surface area contributed by atoms with Gasteiger partial charge >= 0.3 is 0 Å². The fourth-order valence-electron chi connectivity index (χ4n) is 2.01. The summed E-state index contributed by atoms with van der Waals surface area (Å²) in [5, 5.41) is 0. The molecule has 1 unspecified atom stereocenters. The fourth-order valence-corrected chi connectivity index (χ4v) is 3.44. The first-order valence-electron chi connectivity index (χ1n) is 6.20. The third-order valence-corrected chi connectivity index (χ3v) is 5.20. The van der Waals surface area contributed by atoms with Crippen LogP contribution in [0.2, 0.25) is 0 Å². The highest BCUT2D eigenvalue weighted by molar-refractivity contribution is 7.89. The standard InChI is InChI=1S/C13H20N2O2S/c1-8-6-12(7-13(14)9(8)2)18(16,17)15-10(3)11-4-5-11/h6-7,10-11,15H,4-5,14H2,1-3H3. The van der Waals surface area contributed by atoms with E-state index in [-0.39, 0.29) is 10.9 Å². The zero-order chi connectivity index (χ0) is 13.5. The molecule has 0 bridgehead atoms. The first-order chi connectivity index (χ1) is 8.31. The molecular weight excluding hydrogens is 248 g/mol. The van der Waals surface area contributed by atoms with Crippen LogP contribution < -0.4 is 10.5 Å². The second-order valence-electron chi connectivity index (χ2n) is 5.20. The van der Waals surface area contributed by atoms with E-state index in [4.69, 9.17) is 5.73 Å². The molecule has 1 saturated carbocycles. The normalized spacial score (nSPS) is 17.7. The van der Waals surface area contributed by atoms with Crippen LogP contribution in [0.5, 0.6) is 0 Å². The summed E-state index contributed by atoms with van der Waals surface area (Å²) in [6.45, 7) is 5.68. The minimum atomic E-state index is -3.46. The van der Waals surface area contributed by atoms with Crippen molar-refractivity contribution in [3.63, 3.8) is 0 Å². The predicted octanol–water partition coefficient (Wildman–Crippen LogP) is 1.96. The quantitative estimate of drug-likeness (QED) is 0.820. The molecule has 0 heterocycles. The Labute approximate surface area is 109 Å². The molecule has 1 aromatic rings. The molecule has 1 aliphatic carbocycles. The zero-order valence-electron chi connectivity index (χ0n) is 11.0. The molecule has 1 atom stereocenters. The third kappa shape index (κ3) is 2.67. The number of nitrogen functional groups attached to an aromatic ring is 1. The minimum absolute atomic E-state index is 0.00201. The molecule has 2 rings (SSSR count). The van der Waals surface area contributed by atoms with Crippen molar-refractivity contribution in [2.24, 2.45) is 5.92 Å². The molecule has 18 heavy (non-hydrogen) atoms. The van der Waals surface area contributed by atoms with Gasteiger partial charge in [0.25, 0.3) is 0 Å². The summed E-state index contributed by atoms with van der Waals surface area (Å²) in [7, 11) is -3.46. The summed E-state index contributed by atoms with van der Waals surface area (Å²) in [6.07, 6.45) is 2.22. The van der Waals surface area contributed by atoms with Gasteiger partial charge in [0.05, 0.1) is 4.90 Å². The summed E-state index contributed by atoms with van der Waals surface area (Å²) in [5.41, 5.74) is 8.18. The zero-order valence-corrected chi connectivity index (χ0v) is 11.8. The number of hydrogen-bond acceptors (Lipinski definition) is 3. The topological polar surface area (TPSA) is 72.2 Å². The number of anilines is 1. The monoisotopic (exact) mass is 268 g/mol. The van der Waals surface area contributed by atoms with Crippen molar-refractivity contribution in [2.75, 3.05) is 5.73 Å². The lowest BCUT2D eigenvalue weighted by molar-refractivity contribution is 0.538. The molecule has 5 heteroatoms. The Bertz CT molecular complexity index is 539. The van der Waals surface area contributed by atoms with Gasteiger partial charge in [-0.3, -0.25) is 0 Å². The molecule has 4 nitrogen and oxygen atoms in total. The molecule has 0 spiro atoms. The van der Waals surface area contributed by atoms with Gasteiger partial charge in [-0.15, -0.1) is 0 Å². The van der Waals surface area contributed by atoms with Gasteiger partial charge in [-0.1, -0.05) is 0 Å². The Morgan fingerprint density at radius 2 is 1.94 bits per heavy atom. The van der Waals surface area contributed by atoms with Crippen LogP contribution in [0.1, 0.15) is 30.9 Å². The maximum Gasteiger partial charge on any atom is 0.240 e. The number of hydrogen-bond donors (Lipinski definition) is 2. The summed E-state index contributed by atoms with van der Waals surface area (Å²) in [5.74, 6) is 0.490. The average molecular weight is 268 g/mol. The van der Waals surface area contributed by atoms with Crippen LogP contribution in [0.25, 0.3) is 0 Å². The first kappa shape index (κ1) is 13.4. The molecule has 100 valence electrons.